The van der Waals surface area contributed by atoms with Crippen molar-refractivity contribution in [2.75, 3.05) is 48.4 Å². The second-order valence-electron chi connectivity index (χ2n) is 6.51. The maximum atomic E-state index is 12.3. The number of methoxy groups -OCH3 is 1. The summed E-state index contributed by atoms with van der Waals surface area (Å²) in [5, 5.41) is 2.45. The summed E-state index contributed by atoms with van der Waals surface area (Å²) in [6, 6.07) is 12.9. The van der Waals surface area contributed by atoms with Gasteiger partial charge in [0.05, 0.1) is 7.11 Å². The van der Waals surface area contributed by atoms with Crippen LogP contribution in [0, 0.1) is 0 Å². The first-order chi connectivity index (χ1) is 14.2. The van der Waals surface area contributed by atoms with E-state index in [-0.39, 0.29) is 5.75 Å². The van der Waals surface area contributed by atoms with Crippen molar-refractivity contribution in [1.82, 2.24) is 0 Å². The van der Waals surface area contributed by atoms with E-state index in [1.807, 2.05) is 12.1 Å². The highest BCUT2D eigenvalue weighted by atomic mass is 19.4. The Balaban J connectivity index is 1.54. The van der Waals surface area contributed by atoms with Gasteiger partial charge in [0, 0.05) is 43.2 Å². The van der Waals surface area contributed by atoms with Gasteiger partial charge in [-0.25, -0.2) is 4.79 Å². The molecule has 1 aliphatic rings. The molecule has 0 unspecified atom stereocenters. The predicted molar refractivity (Wildman–Crippen MR) is 105 cm³/mol. The van der Waals surface area contributed by atoms with Gasteiger partial charge >= 0.3 is 18.2 Å². The molecule has 0 bridgehead atoms. The first-order valence-corrected chi connectivity index (χ1v) is 9.10. The van der Waals surface area contributed by atoms with Crippen LogP contribution in [0.15, 0.2) is 48.5 Å². The lowest BCUT2D eigenvalue weighted by Crippen LogP contribution is -2.46. The standard InChI is InChI=1S/C20H20F3N3O4/c1-29-19(28)18(27)24-14-2-4-15(5-3-14)25-10-12-26(13-11-25)16-6-8-17(9-7-16)30-20(21,22)23/h2-9H,10-13H2,1H3,(H,24,27). The Bertz CT molecular complexity index is 878. The van der Waals surface area contributed by atoms with Crippen LogP contribution in [-0.2, 0) is 14.3 Å². The van der Waals surface area contributed by atoms with Crippen molar-refractivity contribution in [2.24, 2.45) is 0 Å². The minimum Gasteiger partial charge on any atom is -0.462 e. The van der Waals surface area contributed by atoms with Crippen molar-refractivity contribution in [3.8, 4) is 5.75 Å². The summed E-state index contributed by atoms with van der Waals surface area (Å²) < 4.78 is 45.0. The Morgan fingerprint density at radius 1 is 0.867 bits per heavy atom. The zero-order valence-electron chi connectivity index (χ0n) is 16.1. The zero-order chi connectivity index (χ0) is 21.7. The Hall–Kier alpha value is -3.43. The largest absolute Gasteiger partial charge is 0.573 e. The highest BCUT2D eigenvalue weighted by molar-refractivity contribution is 6.37. The Labute approximate surface area is 171 Å². The van der Waals surface area contributed by atoms with Crippen LogP contribution in [0.1, 0.15) is 0 Å². The molecule has 1 heterocycles. The van der Waals surface area contributed by atoms with Crippen LogP contribution in [0.5, 0.6) is 5.75 Å². The molecule has 0 aliphatic carbocycles. The summed E-state index contributed by atoms with van der Waals surface area (Å²) in [6.45, 7) is 2.82. The second kappa shape index (κ2) is 8.93. The number of halogens is 3. The van der Waals surface area contributed by atoms with E-state index in [0.717, 1.165) is 18.5 Å². The van der Waals surface area contributed by atoms with E-state index in [1.54, 1.807) is 24.3 Å². The smallest absolute Gasteiger partial charge is 0.462 e. The predicted octanol–water partition coefficient (Wildman–Crippen LogP) is 3.02. The molecular formula is C20H20F3N3O4. The molecule has 3 rings (SSSR count). The number of piperazine rings is 1. The quantitative estimate of drug-likeness (QED) is 0.602. The van der Waals surface area contributed by atoms with Crippen LogP contribution < -0.4 is 19.9 Å². The van der Waals surface area contributed by atoms with E-state index in [0.29, 0.717) is 31.9 Å². The van der Waals surface area contributed by atoms with Gasteiger partial charge in [0.15, 0.2) is 0 Å². The van der Waals surface area contributed by atoms with Crippen LogP contribution in [0.2, 0.25) is 0 Å². The molecule has 0 aromatic heterocycles. The number of alkyl halides is 3. The molecule has 0 atom stereocenters. The van der Waals surface area contributed by atoms with Crippen molar-refractivity contribution in [1.29, 1.82) is 0 Å². The van der Waals surface area contributed by atoms with E-state index >= 15 is 0 Å². The number of benzene rings is 2. The molecule has 1 N–H and O–H groups in total. The number of anilines is 3. The molecule has 7 nitrogen and oxygen atoms in total. The molecule has 0 saturated carbocycles. The van der Waals surface area contributed by atoms with Gasteiger partial charge in [0.2, 0.25) is 0 Å². The topological polar surface area (TPSA) is 71.1 Å². The number of hydrogen-bond donors (Lipinski definition) is 1. The maximum absolute atomic E-state index is 12.3. The lowest BCUT2D eigenvalue weighted by atomic mass is 10.2. The maximum Gasteiger partial charge on any atom is 0.573 e. The van der Waals surface area contributed by atoms with Gasteiger partial charge in [-0.3, -0.25) is 4.79 Å². The summed E-state index contributed by atoms with van der Waals surface area (Å²) in [5.74, 6) is -2.05. The van der Waals surface area contributed by atoms with E-state index in [1.165, 1.54) is 12.1 Å². The van der Waals surface area contributed by atoms with Crippen LogP contribution in [0.4, 0.5) is 30.2 Å². The molecular weight excluding hydrogens is 403 g/mol. The molecule has 2 aromatic carbocycles. The molecule has 0 radical (unpaired) electrons. The van der Waals surface area contributed by atoms with Crippen molar-refractivity contribution in [3.05, 3.63) is 48.5 Å². The van der Waals surface area contributed by atoms with Crippen molar-refractivity contribution >= 4 is 28.9 Å². The molecule has 1 amide bonds. The number of ether oxygens (including phenoxy) is 2. The highest BCUT2D eigenvalue weighted by Crippen LogP contribution is 2.27. The number of nitrogens with one attached hydrogen (secondary N) is 1. The van der Waals surface area contributed by atoms with E-state index in [2.05, 4.69) is 24.6 Å². The zero-order valence-corrected chi connectivity index (χ0v) is 16.1. The van der Waals surface area contributed by atoms with E-state index in [9.17, 15) is 22.8 Å². The lowest BCUT2D eigenvalue weighted by molar-refractivity contribution is -0.274. The number of hydrogen-bond acceptors (Lipinski definition) is 6. The molecule has 1 fully saturated rings. The fraction of sp³-hybridized carbons (Fsp3) is 0.300. The number of esters is 1. The first-order valence-electron chi connectivity index (χ1n) is 9.10. The molecule has 1 aliphatic heterocycles. The third kappa shape index (κ3) is 5.56. The molecule has 10 heteroatoms. The number of rotatable bonds is 4. The van der Waals surface area contributed by atoms with Gasteiger partial charge in [-0.2, -0.15) is 0 Å². The van der Waals surface area contributed by atoms with Gasteiger partial charge in [0.1, 0.15) is 5.75 Å². The highest BCUT2D eigenvalue weighted by Gasteiger charge is 2.31. The van der Waals surface area contributed by atoms with Crippen LogP contribution >= 0.6 is 0 Å². The number of nitrogens with zero attached hydrogens (tertiary/aromatic N) is 2. The number of amides is 1. The summed E-state index contributed by atoms with van der Waals surface area (Å²) in [7, 11) is 1.13. The van der Waals surface area contributed by atoms with Gasteiger partial charge in [-0.15, -0.1) is 13.2 Å². The Morgan fingerprint density at radius 2 is 1.33 bits per heavy atom. The van der Waals surface area contributed by atoms with Crippen LogP contribution in [0.25, 0.3) is 0 Å². The lowest BCUT2D eigenvalue weighted by Gasteiger charge is -2.37. The van der Waals surface area contributed by atoms with Crippen LogP contribution in [-0.4, -0.2) is 51.5 Å². The summed E-state index contributed by atoms with van der Waals surface area (Å²) in [4.78, 5) is 26.9. The monoisotopic (exact) mass is 423 g/mol. The van der Waals surface area contributed by atoms with E-state index in [4.69, 9.17) is 0 Å². The van der Waals surface area contributed by atoms with Gasteiger partial charge < -0.3 is 24.6 Å². The third-order valence-electron chi connectivity index (χ3n) is 4.58. The fourth-order valence-corrected chi connectivity index (χ4v) is 3.11. The average molecular weight is 423 g/mol. The summed E-state index contributed by atoms with van der Waals surface area (Å²) in [5.41, 5.74) is 2.26. The fourth-order valence-electron chi connectivity index (χ4n) is 3.11. The van der Waals surface area contributed by atoms with E-state index < -0.39 is 18.2 Å². The molecule has 1 saturated heterocycles. The summed E-state index contributed by atoms with van der Waals surface area (Å²) >= 11 is 0. The second-order valence-corrected chi connectivity index (χ2v) is 6.51. The van der Waals surface area contributed by atoms with Gasteiger partial charge in [-0.1, -0.05) is 0 Å². The van der Waals surface area contributed by atoms with Crippen molar-refractivity contribution in [2.45, 2.75) is 6.36 Å². The normalized spacial score (nSPS) is 14.3. The molecule has 2 aromatic rings. The Morgan fingerprint density at radius 3 is 1.77 bits per heavy atom. The van der Waals surface area contributed by atoms with Crippen LogP contribution in [0.3, 0.4) is 0 Å². The van der Waals surface area contributed by atoms with Crippen molar-refractivity contribution < 1.29 is 32.2 Å². The molecule has 30 heavy (non-hydrogen) atoms. The number of carbonyl (C=O) groups excluding carboxylic acids is 2. The SMILES string of the molecule is COC(=O)C(=O)Nc1ccc(N2CCN(c3ccc(OC(F)(F)F)cc3)CC2)cc1. The molecule has 0 spiro atoms. The van der Waals surface area contributed by atoms with Crippen molar-refractivity contribution in [3.63, 3.8) is 0 Å². The minimum atomic E-state index is -4.70. The first kappa shape index (κ1) is 21.3. The average Bonchev–Trinajstić information content (AvgIpc) is 2.73. The Kier molecular flexibility index (Phi) is 6.34. The summed E-state index contributed by atoms with van der Waals surface area (Å²) in [6.07, 6.45) is -4.70. The third-order valence-corrected chi connectivity index (χ3v) is 4.58. The van der Waals surface area contributed by atoms with Gasteiger partial charge in [0.25, 0.3) is 0 Å². The minimum absolute atomic E-state index is 0.246. The number of carbonyl (C=O) groups is 2. The van der Waals surface area contributed by atoms with Gasteiger partial charge in [-0.05, 0) is 48.5 Å². The molecule has 160 valence electrons.